The largest absolute Gasteiger partial charge is 0.485 e. The normalized spacial score (nSPS) is 21.6. The maximum Gasteiger partial charge on any atom is 0.235 e. The molecule has 0 saturated carbocycles. The van der Waals surface area contributed by atoms with Gasteiger partial charge in [-0.3, -0.25) is 4.57 Å². The third-order valence-electron chi connectivity index (χ3n) is 11.4. The number of nitrogens with zero attached hydrogens (tertiary/aromatic N) is 3. The van der Waals surface area contributed by atoms with E-state index in [0.717, 1.165) is 91.0 Å². The van der Waals surface area contributed by atoms with Crippen molar-refractivity contribution in [1.29, 1.82) is 0 Å². The van der Waals surface area contributed by atoms with Gasteiger partial charge < -0.3 is 9.15 Å². The molecule has 2 unspecified atom stereocenters. The summed E-state index contributed by atoms with van der Waals surface area (Å²) in [6, 6.07) is 15.2. The lowest BCUT2D eigenvalue weighted by molar-refractivity contribution is 0.212. The second-order valence-electron chi connectivity index (χ2n) is 14.0. The standard InChI is InChI=1S/C44H35N3O2/c1-2-11-26(12-3-1)41-33-15-4-7-18-35(33)45-44(46-41)47-36-23-21-27(28-16-10-17-31-29-13-5-8-19-38(29)48-42(28)31)25-34(36)40-37(47)24-22-32-30-14-6-9-20-39(30)49-43(32)40/h1-2,4,6-11,14-20,25,30,39H,3,5,12-13,21-24H2. The Labute approximate surface area is 285 Å². The van der Waals surface area contributed by atoms with E-state index in [1.807, 2.05) is 0 Å². The molecule has 0 radical (unpaired) electrons. The fourth-order valence-corrected chi connectivity index (χ4v) is 9.13. The first-order valence-corrected chi connectivity index (χ1v) is 17.9. The van der Waals surface area contributed by atoms with Crippen LogP contribution in [0.5, 0.6) is 0 Å². The van der Waals surface area contributed by atoms with Crippen LogP contribution in [-0.4, -0.2) is 20.6 Å². The zero-order valence-corrected chi connectivity index (χ0v) is 27.3. The first-order valence-electron chi connectivity index (χ1n) is 17.9. The van der Waals surface area contributed by atoms with Gasteiger partial charge in [-0.2, -0.15) is 0 Å². The Morgan fingerprint density at radius 3 is 2.61 bits per heavy atom. The molecule has 1 aliphatic heterocycles. The Morgan fingerprint density at radius 1 is 0.755 bits per heavy atom. The fourth-order valence-electron chi connectivity index (χ4n) is 9.13. The van der Waals surface area contributed by atoms with Crippen molar-refractivity contribution in [1.82, 2.24) is 14.5 Å². The molecular weight excluding hydrogens is 603 g/mol. The van der Waals surface area contributed by atoms with Crippen LogP contribution in [0.4, 0.5) is 0 Å². The molecule has 2 atom stereocenters. The molecule has 4 heterocycles. The zero-order chi connectivity index (χ0) is 32.1. The van der Waals surface area contributed by atoms with Crippen molar-refractivity contribution >= 4 is 50.9 Å². The number of ether oxygens (including phenoxy) is 1. The number of rotatable bonds is 3. The average Bonchev–Trinajstić information content (AvgIpc) is 3.84. The number of furan rings is 1. The van der Waals surface area contributed by atoms with Crippen LogP contribution in [0.25, 0.3) is 56.9 Å². The molecule has 0 bridgehead atoms. The molecular formula is C44H35N3O2. The van der Waals surface area contributed by atoms with E-state index in [4.69, 9.17) is 19.1 Å². The van der Waals surface area contributed by atoms with Crippen LogP contribution in [0.2, 0.25) is 0 Å². The maximum absolute atomic E-state index is 6.88. The number of hydrogen-bond donors (Lipinski definition) is 0. The average molecular weight is 638 g/mol. The molecule has 49 heavy (non-hydrogen) atoms. The zero-order valence-electron chi connectivity index (χ0n) is 27.3. The van der Waals surface area contributed by atoms with Gasteiger partial charge in [-0.25, -0.2) is 9.97 Å². The summed E-state index contributed by atoms with van der Waals surface area (Å²) in [5.74, 6) is 3.15. The highest BCUT2D eigenvalue weighted by Crippen LogP contribution is 2.51. The predicted molar refractivity (Wildman–Crippen MR) is 197 cm³/mol. The molecule has 5 aliphatic carbocycles. The topological polar surface area (TPSA) is 53.1 Å². The minimum absolute atomic E-state index is 0.0537. The molecule has 6 aliphatic rings. The van der Waals surface area contributed by atoms with Gasteiger partial charge in [0.05, 0.1) is 11.2 Å². The van der Waals surface area contributed by atoms with Crippen molar-refractivity contribution in [3.63, 3.8) is 0 Å². The minimum Gasteiger partial charge on any atom is -0.485 e. The quantitative estimate of drug-likeness (QED) is 0.198. The van der Waals surface area contributed by atoms with Gasteiger partial charge in [0, 0.05) is 50.3 Å². The lowest BCUT2D eigenvalue weighted by Crippen LogP contribution is -2.16. The van der Waals surface area contributed by atoms with Crippen LogP contribution in [-0.2, 0) is 24.0 Å². The maximum atomic E-state index is 6.88. The molecule has 0 spiro atoms. The Bertz CT molecular complexity index is 2490. The molecule has 0 saturated heterocycles. The molecule has 2 aromatic carbocycles. The summed E-state index contributed by atoms with van der Waals surface area (Å²) in [4.78, 5) is 10.7. The molecule has 0 N–H and O–H groups in total. The van der Waals surface area contributed by atoms with Gasteiger partial charge in [0.15, 0.2) is 0 Å². The van der Waals surface area contributed by atoms with Crippen molar-refractivity contribution in [2.75, 3.05) is 0 Å². The number of benzene rings is 2. The van der Waals surface area contributed by atoms with Gasteiger partial charge in [0.1, 0.15) is 23.2 Å². The number of allylic oxidation sites excluding steroid dienone is 8. The fraction of sp³-hybridized carbons (Fsp3) is 0.227. The second-order valence-corrected chi connectivity index (χ2v) is 14.0. The molecule has 5 aromatic rings. The van der Waals surface area contributed by atoms with E-state index in [0.29, 0.717) is 5.92 Å². The molecule has 5 heteroatoms. The van der Waals surface area contributed by atoms with E-state index in [2.05, 4.69) is 108 Å². The van der Waals surface area contributed by atoms with Crippen LogP contribution in [0, 0.1) is 5.92 Å². The first-order chi connectivity index (χ1) is 24.3. The lowest BCUT2D eigenvalue weighted by atomic mass is 9.83. The predicted octanol–water partition coefficient (Wildman–Crippen LogP) is 10.1. The van der Waals surface area contributed by atoms with E-state index in [1.54, 1.807) is 0 Å². The van der Waals surface area contributed by atoms with Gasteiger partial charge in [-0.15, -0.1) is 0 Å². The summed E-state index contributed by atoms with van der Waals surface area (Å²) in [5.41, 5.74) is 14.6. The number of aryl methyl sites for hydroxylation is 1. The summed E-state index contributed by atoms with van der Waals surface area (Å²) in [6.07, 6.45) is 30.1. The van der Waals surface area contributed by atoms with Crippen molar-refractivity contribution in [2.45, 2.75) is 57.5 Å². The van der Waals surface area contributed by atoms with Gasteiger partial charge in [-0.05, 0) is 92.4 Å². The summed E-state index contributed by atoms with van der Waals surface area (Å²) in [6.45, 7) is 0. The van der Waals surface area contributed by atoms with Crippen molar-refractivity contribution < 1.29 is 9.15 Å². The van der Waals surface area contributed by atoms with Crippen molar-refractivity contribution in [3.05, 3.63) is 142 Å². The van der Waals surface area contributed by atoms with Crippen LogP contribution < -0.4 is 0 Å². The number of fused-ring (bicyclic) bond motifs is 10. The summed E-state index contributed by atoms with van der Waals surface area (Å²) < 4.78 is 15.9. The van der Waals surface area contributed by atoms with Crippen molar-refractivity contribution in [2.24, 2.45) is 5.92 Å². The summed E-state index contributed by atoms with van der Waals surface area (Å²) in [7, 11) is 0. The van der Waals surface area contributed by atoms with Gasteiger partial charge in [-0.1, -0.05) is 78.9 Å². The minimum atomic E-state index is 0.0537. The summed E-state index contributed by atoms with van der Waals surface area (Å²) in [5, 5.41) is 2.36. The second kappa shape index (κ2) is 10.5. The van der Waals surface area contributed by atoms with E-state index in [1.165, 1.54) is 55.7 Å². The Morgan fingerprint density at radius 2 is 1.65 bits per heavy atom. The smallest absolute Gasteiger partial charge is 0.235 e. The van der Waals surface area contributed by atoms with Crippen LogP contribution in [0.3, 0.4) is 0 Å². The highest BCUT2D eigenvalue weighted by molar-refractivity contribution is 6.00. The number of hydrogen-bond acceptors (Lipinski definition) is 4. The lowest BCUT2D eigenvalue weighted by Gasteiger charge is -2.20. The molecule has 5 nitrogen and oxygen atoms in total. The highest BCUT2D eigenvalue weighted by atomic mass is 16.5. The molecule has 3 aromatic heterocycles. The SMILES string of the molecule is C1=CCCC(c2nc(-n3c4c(c5c3CCC3=C5OC5C=CC=CC35)C=C(c3cccc5c6c(oc35)C=CCC6)CC4)nc3ccccc23)=C1. The highest BCUT2D eigenvalue weighted by Gasteiger charge is 2.42. The molecule has 11 rings (SSSR count). The Hall–Kier alpha value is -5.42. The first kappa shape index (κ1) is 27.5. The van der Waals surface area contributed by atoms with Crippen LogP contribution in [0.15, 0.2) is 101 Å². The third kappa shape index (κ3) is 4.05. The van der Waals surface area contributed by atoms with Gasteiger partial charge in [0.2, 0.25) is 5.95 Å². The van der Waals surface area contributed by atoms with E-state index in [9.17, 15) is 0 Å². The van der Waals surface area contributed by atoms with Crippen LogP contribution >= 0.6 is 0 Å². The number of aromatic nitrogens is 3. The molecule has 0 amide bonds. The Balaban J connectivity index is 1.15. The van der Waals surface area contributed by atoms with Gasteiger partial charge >= 0.3 is 0 Å². The summed E-state index contributed by atoms with van der Waals surface area (Å²) >= 11 is 0. The van der Waals surface area contributed by atoms with E-state index < -0.39 is 0 Å². The van der Waals surface area contributed by atoms with E-state index in [-0.39, 0.29) is 6.10 Å². The third-order valence-corrected chi connectivity index (χ3v) is 11.4. The Kier molecular flexibility index (Phi) is 5.92. The van der Waals surface area contributed by atoms with Crippen molar-refractivity contribution in [3.8, 4) is 5.95 Å². The van der Waals surface area contributed by atoms with Crippen LogP contribution in [0.1, 0.15) is 77.2 Å². The van der Waals surface area contributed by atoms with Gasteiger partial charge in [0.25, 0.3) is 0 Å². The number of para-hydroxylation sites is 2. The van der Waals surface area contributed by atoms with E-state index >= 15 is 0 Å². The monoisotopic (exact) mass is 637 g/mol. The molecule has 238 valence electrons. The molecule has 0 fully saturated rings.